The molecule has 1 aromatic rings. The van der Waals surface area contributed by atoms with Crippen LogP contribution in [0.3, 0.4) is 0 Å². The Morgan fingerprint density at radius 1 is 1.50 bits per heavy atom. The zero-order chi connectivity index (χ0) is 12.0. The average Bonchev–Trinajstić information content (AvgIpc) is 2.25. The molecular formula is C13H15ClFN. The highest BCUT2D eigenvalue weighted by atomic mass is 35.5. The minimum absolute atomic E-state index is 0.116. The van der Waals surface area contributed by atoms with Crippen molar-refractivity contribution < 1.29 is 4.39 Å². The first kappa shape index (κ1) is 12.9. The normalized spacial score (nSPS) is 12.1. The molecule has 0 saturated carbocycles. The quantitative estimate of drug-likeness (QED) is 0.745. The summed E-state index contributed by atoms with van der Waals surface area (Å²) in [5.41, 5.74) is 0.625. The van der Waals surface area contributed by atoms with E-state index in [9.17, 15) is 4.39 Å². The van der Waals surface area contributed by atoms with Crippen LogP contribution >= 0.6 is 11.6 Å². The van der Waals surface area contributed by atoms with Crippen molar-refractivity contribution in [3.05, 3.63) is 59.9 Å². The van der Waals surface area contributed by atoms with Crippen LogP contribution in [0, 0.1) is 5.82 Å². The predicted octanol–water partition coefficient (Wildman–Crippen LogP) is 3.79. The Morgan fingerprint density at radius 2 is 2.19 bits per heavy atom. The highest BCUT2D eigenvalue weighted by Gasteiger charge is 2.13. The SMILES string of the molecule is C=CCC(NCC(=C)Cl)c1ccccc1F. The molecule has 0 saturated heterocycles. The Kier molecular flexibility index (Phi) is 5.23. The van der Waals surface area contributed by atoms with Gasteiger partial charge in [0.1, 0.15) is 5.82 Å². The third kappa shape index (κ3) is 3.80. The zero-order valence-electron chi connectivity index (χ0n) is 9.05. The lowest BCUT2D eigenvalue weighted by molar-refractivity contribution is 0.524. The zero-order valence-corrected chi connectivity index (χ0v) is 9.80. The molecule has 0 radical (unpaired) electrons. The highest BCUT2D eigenvalue weighted by molar-refractivity contribution is 6.29. The molecule has 3 heteroatoms. The van der Waals surface area contributed by atoms with Crippen LogP contribution in [-0.4, -0.2) is 6.54 Å². The van der Waals surface area contributed by atoms with Gasteiger partial charge in [-0.25, -0.2) is 4.39 Å². The van der Waals surface area contributed by atoms with Crippen molar-refractivity contribution in [2.75, 3.05) is 6.54 Å². The monoisotopic (exact) mass is 239 g/mol. The van der Waals surface area contributed by atoms with Crippen molar-refractivity contribution in [3.8, 4) is 0 Å². The first-order valence-electron chi connectivity index (χ1n) is 5.07. The Bertz CT molecular complexity index is 376. The third-order valence-electron chi connectivity index (χ3n) is 2.22. The molecular weight excluding hydrogens is 225 g/mol. The molecule has 0 aliphatic rings. The van der Waals surface area contributed by atoms with Crippen molar-refractivity contribution in [3.63, 3.8) is 0 Å². The summed E-state index contributed by atoms with van der Waals surface area (Å²) in [7, 11) is 0. The van der Waals surface area contributed by atoms with Crippen molar-refractivity contribution in [1.29, 1.82) is 0 Å². The van der Waals surface area contributed by atoms with E-state index in [1.165, 1.54) is 6.07 Å². The van der Waals surface area contributed by atoms with Crippen LogP contribution in [0.1, 0.15) is 18.0 Å². The van der Waals surface area contributed by atoms with E-state index in [2.05, 4.69) is 18.5 Å². The van der Waals surface area contributed by atoms with Gasteiger partial charge < -0.3 is 5.32 Å². The lowest BCUT2D eigenvalue weighted by Crippen LogP contribution is -2.23. The van der Waals surface area contributed by atoms with Crippen molar-refractivity contribution >= 4 is 11.6 Å². The molecule has 0 aliphatic carbocycles. The maximum absolute atomic E-state index is 13.6. The van der Waals surface area contributed by atoms with E-state index >= 15 is 0 Å². The smallest absolute Gasteiger partial charge is 0.127 e. The van der Waals surface area contributed by atoms with Crippen LogP contribution in [0.2, 0.25) is 0 Å². The van der Waals surface area contributed by atoms with Crippen LogP contribution in [0.25, 0.3) is 0 Å². The Labute approximate surface area is 101 Å². The van der Waals surface area contributed by atoms with E-state index in [4.69, 9.17) is 11.6 Å². The van der Waals surface area contributed by atoms with Gasteiger partial charge in [0.05, 0.1) is 0 Å². The van der Waals surface area contributed by atoms with Crippen molar-refractivity contribution in [2.24, 2.45) is 0 Å². The molecule has 1 unspecified atom stereocenters. The van der Waals surface area contributed by atoms with Crippen molar-refractivity contribution in [2.45, 2.75) is 12.5 Å². The van der Waals surface area contributed by atoms with Crippen molar-refractivity contribution in [1.82, 2.24) is 5.32 Å². The molecule has 86 valence electrons. The number of rotatable bonds is 6. The number of benzene rings is 1. The fraction of sp³-hybridized carbons (Fsp3) is 0.231. The van der Waals surface area contributed by atoms with E-state index in [0.29, 0.717) is 23.6 Å². The van der Waals surface area contributed by atoms with Gasteiger partial charge in [0.25, 0.3) is 0 Å². The average molecular weight is 240 g/mol. The number of hydrogen-bond donors (Lipinski definition) is 1. The summed E-state index contributed by atoms with van der Waals surface area (Å²) >= 11 is 5.67. The molecule has 1 rings (SSSR count). The van der Waals surface area contributed by atoms with Gasteiger partial charge in [-0.2, -0.15) is 0 Å². The fourth-order valence-corrected chi connectivity index (χ4v) is 1.56. The largest absolute Gasteiger partial charge is 0.305 e. The standard InChI is InChI=1S/C13H15ClFN/c1-3-6-13(16-9-10(2)14)11-7-4-5-8-12(11)15/h3-5,7-8,13,16H,1-2,6,9H2. The lowest BCUT2D eigenvalue weighted by Gasteiger charge is -2.17. The minimum atomic E-state index is -0.220. The van der Waals surface area contributed by atoms with Gasteiger partial charge in [0.2, 0.25) is 0 Å². The molecule has 0 spiro atoms. The molecule has 16 heavy (non-hydrogen) atoms. The predicted molar refractivity (Wildman–Crippen MR) is 67.0 cm³/mol. The number of hydrogen-bond acceptors (Lipinski definition) is 1. The highest BCUT2D eigenvalue weighted by Crippen LogP contribution is 2.20. The van der Waals surface area contributed by atoms with Crippen LogP contribution in [-0.2, 0) is 0 Å². The lowest BCUT2D eigenvalue weighted by atomic mass is 10.0. The number of halogens is 2. The Balaban J connectivity index is 2.80. The molecule has 0 aliphatic heterocycles. The first-order valence-corrected chi connectivity index (χ1v) is 5.45. The van der Waals surface area contributed by atoms with E-state index in [1.807, 2.05) is 6.07 Å². The van der Waals surface area contributed by atoms with Gasteiger partial charge in [0.15, 0.2) is 0 Å². The summed E-state index contributed by atoms with van der Waals surface area (Å²) in [6.07, 6.45) is 2.40. The van der Waals surface area contributed by atoms with Gasteiger partial charge in [0, 0.05) is 23.2 Å². The second kappa shape index (κ2) is 6.46. The molecule has 0 fully saturated rings. The second-order valence-electron chi connectivity index (χ2n) is 3.50. The van der Waals surface area contributed by atoms with Gasteiger partial charge in [-0.3, -0.25) is 0 Å². The fourth-order valence-electron chi connectivity index (χ4n) is 1.48. The summed E-state index contributed by atoms with van der Waals surface area (Å²) in [5.74, 6) is -0.220. The topological polar surface area (TPSA) is 12.0 Å². The summed E-state index contributed by atoms with van der Waals surface area (Å²) in [6, 6.07) is 6.57. The molecule has 1 aromatic carbocycles. The summed E-state index contributed by atoms with van der Waals surface area (Å²) in [4.78, 5) is 0. The van der Waals surface area contributed by atoms with E-state index in [-0.39, 0.29) is 11.9 Å². The molecule has 0 aromatic heterocycles. The molecule has 1 nitrogen and oxygen atoms in total. The van der Waals surface area contributed by atoms with Crippen LogP contribution in [0.4, 0.5) is 4.39 Å². The van der Waals surface area contributed by atoms with Gasteiger partial charge in [-0.15, -0.1) is 6.58 Å². The maximum Gasteiger partial charge on any atom is 0.127 e. The first-order chi connectivity index (χ1) is 7.65. The van der Waals surface area contributed by atoms with Crippen LogP contribution in [0.15, 0.2) is 48.5 Å². The maximum atomic E-state index is 13.6. The van der Waals surface area contributed by atoms with E-state index < -0.39 is 0 Å². The molecule has 0 amide bonds. The molecule has 1 atom stereocenters. The molecule has 0 heterocycles. The van der Waals surface area contributed by atoms with Crippen LogP contribution in [0.5, 0.6) is 0 Å². The van der Waals surface area contributed by atoms with Gasteiger partial charge in [-0.1, -0.05) is 42.5 Å². The van der Waals surface area contributed by atoms with E-state index in [0.717, 1.165) is 0 Å². The number of nitrogens with one attached hydrogen (secondary N) is 1. The summed E-state index contributed by atoms with van der Waals surface area (Å²) in [5, 5.41) is 3.64. The van der Waals surface area contributed by atoms with Crippen LogP contribution < -0.4 is 5.32 Å². The molecule has 1 N–H and O–H groups in total. The van der Waals surface area contributed by atoms with Gasteiger partial charge in [-0.05, 0) is 12.5 Å². The molecule has 0 bridgehead atoms. The third-order valence-corrected chi connectivity index (χ3v) is 2.36. The Morgan fingerprint density at radius 3 is 2.75 bits per heavy atom. The van der Waals surface area contributed by atoms with E-state index in [1.54, 1.807) is 18.2 Å². The van der Waals surface area contributed by atoms with Gasteiger partial charge >= 0.3 is 0 Å². The minimum Gasteiger partial charge on any atom is -0.305 e. The summed E-state index contributed by atoms with van der Waals surface area (Å²) in [6.45, 7) is 7.70. The Hall–Kier alpha value is -1.12. The second-order valence-corrected chi connectivity index (χ2v) is 4.03. The summed E-state index contributed by atoms with van der Waals surface area (Å²) < 4.78 is 13.6.